The zero-order chi connectivity index (χ0) is 18.5. The molecule has 0 aromatic heterocycles. The van der Waals surface area contributed by atoms with Gasteiger partial charge in [0.2, 0.25) is 11.8 Å². The van der Waals surface area contributed by atoms with Gasteiger partial charge in [-0.1, -0.05) is 47.5 Å². The van der Waals surface area contributed by atoms with Crippen LogP contribution in [0.3, 0.4) is 0 Å². The van der Waals surface area contributed by atoms with E-state index in [-0.39, 0.29) is 30.1 Å². The number of anilines is 2. The molecule has 1 N–H and O–H groups in total. The Balaban J connectivity index is 1.70. The van der Waals surface area contributed by atoms with Gasteiger partial charge in [0.15, 0.2) is 0 Å². The van der Waals surface area contributed by atoms with Gasteiger partial charge in [-0.25, -0.2) is 0 Å². The maximum absolute atomic E-state index is 13.0. The molecular weight excluding hydrogens is 392 g/mol. The Morgan fingerprint density at radius 2 is 1.85 bits per heavy atom. The predicted octanol–water partition coefficient (Wildman–Crippen LogP) is 4.86. The highest BCUT2D eigenvalue weighted by molar-refractivity contribution is 9.10. The number of nitrogens with one attached hydrogen (secondary N) is 1. The standard InChI is InChI=1S/C21H23BrN2O2/c1-2-6-15-14-24(18-7-4-3-5-8-18)21(26)19(15)13-20(25)23-17-11-9-16(22)10-12-17/h3-5,7-12,15,19H,2,6,13-14H2,1H3,(H,23,25)/t15-,19-/m0/s1. The van der Waals surface area contributed by atoms with Crippen molar-refractivity contribution in [2.24, 2.45) is 11.8 Å². The number of benzene rings is 2. The van der Waals surface area contributed by atoms with Crippen LogP contribution in [0.25, 0.3) is 0 Å². The Morgan fingerprint density at radius 1 is 1.15 bits per heavy atom. The van der Waals surface area contributed by atoms with Crippen LogP contribution in [0, 0.1) is 11.8 Å². The zero-order valence-corrected chi connectivity index (χ0v) is 16.4. The first-order valence-corrected chi connectivity index (χ1v) is 9.79. The first-order valence-electron chi connectivity index (χ1n) is 9.00. The number of rotatable bonds is 6. The summed E-state index contributed by atoms with van der Waals surface area (Å²) in [6, 6.07) is 17.2. The summed E-state index contributed by atoms with van der Waals surface area (Å²) in [5.41, 5.74) is 1.66. The number of hydrogen-bond acceptors (Lipinski definition) is 2. The summed E-state index contributed by atoms with van der Waals surface area (Å²) in [5, 5.41) is 2.90. The molecule has 0 unspecified atom stereocenters. The highest BCUT2D eigenvalue weighted by atomic mass is 79.9. The van der Waals surface area contributed by atoms with Crippen molar-refractivity contribution in [3.05, 3.63) is 59.1 Å². The summed E-state index contributed by atoms with van der Waals surface area (Å²) in [5.74, 6) is -0.101. The second-order valence-corrected chi connectivity index (χ2v) is 7.61. The molecule has 0 radical (unpaired) electrons. The van der Waals surface area contributed by atoms with Gasteiger partial charge < -0.3 is 10.2 Å². The highest BCUT2D eigenvalue weighted by Gasteiger charge is 2.41. The van der Waals surface area contributed by atoms with Gasteiger partial charge in [-0.2, -0.15) is 0 Å². The molecule has 4 nitrogen and oxygen atoms in total. The third-order valence-corrected chi connectivity index (χ3v) is 5.36. The molecule has 2 aromatic rings. The third kappa shape index (κ3) is 4.33. The van der Waals surface area contributed by atoms with E-state index < -0.39 is 0 Å². The minimum atomic E-state index is -0.259. The van der Waals surface area contributed by atoms with E-state index in [0.29, 0.717) is 6.54 Å². The summed E-state index contributed by atoms with van der Waals surface area (Å²) in [4.78, 5) is 27.3. The molecule has 2 aromatic carbocycles. The lowest BCUT2D eigenvalue weighted by molar-refractivity contribution is -0.125. The second-order valence-electron chi connectivity index (χ2n) is 6.70. The Morgan fingerprint density at radius 3 is 2.50 bits per heavy atom. The molecule has 0 spiro atoms. The Hall–Kier alpha value is -2.14. The molecule has 2 amide bonds. The van der Waals surface area contributed by atoms with E-state index in [1.54, 1.807) is 0 Å². The van der Waals surface area contributed by atoms with Crippen LogP contribution in [0.5, 0.6) is 0 Å². The molecule has 136 valence electrons. The average molecular weight is 415 g/mol. The average Bonchev–Trinajstić information content (AvgIpc) is 2.94. The Bertz CT molecular complexity index is 761. The molecule has 5 heteroatoms. The Labute approximate surface area is 162 Å². The number of amides is 2. The normalized spacial score (nSPS) is 19.6. The molecular formula is C21H23BrN2O2. The molecule has 1 saturated heterocycles. The van der Waals surface area contributed by atoms with Crippen molar-refractivity contribution in [2.45, 2.75) is 26.2 Å². The van der Waals surface area contributed by atoms with Gasteiger partial charge in [0.1, 0.15) is 0 Å². The van der Waals surface area contributed by atoms with Crippen LogP contribution in [0.1, 0.15) is 26.2 Å². The smallest absolute Gasteiger partial charge is 0.230 e. The minimum Gasteiger partial charge on any atom is -0.326 e. The van der Waals surface area contributed by atoms with Crippen LogP contribution in [0.15, 0.2) is 59.1 Å². The fraction of sp³-hybridized carbons (Fsp3) is 0.333. The van der Waals surface area contributed by atoms with Gasteiger partial charge in [0, 0.05) is 28.8 Å². The number of carbonyl (C=O) groups is 2. The molecule has 26 heavy (non-hydrogen) atoms. The largest absolute Gasteiger partial charge is 0.326 e. The number of halogens is 1. The van der Waals surface area contributed by atoms with Crippen molar-refractivity contribution in [3.63, 3.8) is 0 Å². The van der Waals surface area contributed by atoms with Crippen LogP contribution in [0.4, 0.5) is 11.4 Å². The first kappa shape index (κ1) is 18.6. The van der Waals surface area contributed by atoms with Crippen LogP contribution in [-0.2, 0) is 9.59 Å². The van der Waals surface area contributed by atoms with E-state index in [1.165, 1.54) is 0 Å². The summed E-state index contributed by atoms with van der Waals surface area (Å²) in [7, 11) is 0. The Kier molecular flexibility index (Phi) is 6.09. The van der Waals surface area contributed by atoms with Gasteiger partial charge >= 0.3 is 0 Å². The van der Waals surface area contributed by atoms with E-state index in [0.717, 1.165) is 28.7 Å². The molecule has 0 aliphatic carbocycles. The van der Waals surface area contributed by atoms with Crippen molar-refractivity contribution < 1.29 is 9.59 Å². The highest BCUT2D eigenvalue weighted by Crippen LogP contribution is 2.34. The maximum Gasteiger partial charge on any atom is 0.230 e. The molecule has 0 saturated carbocycles. The lowest BCUT2D eigenvalue weighted by Crippen LogP contribution is -2.29. The van der Waals surface area contributed by atoms with Crippen molar-refractivity contribution in [1.29, 1.82) is 0 Å². The van der Waals surface area contributed by atoms with Crippen LogP contribution < -0.4 is 10.2 Å². The predicted molar refractivity (Wildman–Crippen MR) is 108 cm³/mol. The topological polar surface area (TPSA) is 49.4 Å². The van der Waals surface area contributed by atoms with E-state index in [1.807, 2.05) is 59.5 Å². The fourth-order valence-electron chi connectivity index (χ4n) is 3.56. The third-order valence-electron chi connectivity index (χ3n) is 4.83. The van der Waals surface area contributed by atoms with Crippen LogP contribution in [0.2, 0.25) is 0 Å². The molecule has 1 aliphatic heterocycles. The summed E-state index contributed by atoms with van der Waals surface area (Å²) >= 11 is 3.38. The van der Waals surface area contributed by atoms with Crippen molar-refractivity contribution in [2.75, 3.05) is 16.8 Å². The fourth-order valence-corrected chi connectivity index (χ4v) is 3.82. The van der Waals surface area contributed by atoms with Gasteiger partial charge in [-0.3, -0.25) is 9.59 Å². The molecule has 1 heterocycles. The quantitative estimate of drug-likeness (QED) is 0.733. The van der Waals surface area contributed by atoms with Crippen molar-refractivity contribution >= 4 is 39.1 Å². The summed E-state index contributed by atoms with van der Waals surface area (Å²) in [6.45, 7) is 2.81. The van der Waals surface area contributed by atoms with Crippen LogP contribution >= 0.6 is 15.9 Å². The lowest BCUT2D eigenvalue weighted by Gasteiger charge is -2.16. The summed E-state index contributed by atoms with van der Waals surface area (Å²) in [6.07, 6.45) is 2.18. The van der Waals surface area contributed by atoms with Gasteiger partial charge in [-0.15, -0.1) is 0 Å². The number of hydrogen-bond donors (Lipinski definition) is 1. The number of nitrogens with zero attached hydrogens (tertiary/aromatic N) is 1. The SMILES string of the molecule is CCC[C@H]1CN(c2ccccc2)C(=O)[C@H]1CC(=O)Nc1ccc(Br)cc1. The molecule has 3 rings (SSSR count). The van der Waals surface area contributed by atoms with Crippen LogP contribution in [-0.4, -0.2) is 18.4 Å². The van der Waals surface area contributed by atoms with E-state index in [4.69, 9.17) is 0 Å². The first-order chi connectivity index (χ1) is 12.6. The zero-order valence-electron chi connectivity index (χ0n) is 14.8. The number of carbonyl (C=O) groups excluding carboxylic acids is 2. The van der Waals surface area contributed by atoms with Gasteiger partial charge in [-0.05, 0) is 48.7 Å². The van der Waals surface area contributed by atoms with E-state index >= 15 is 0 Å². The molecule has 1 fully saturated rings. The van der Waals surface area contributed by atoms with E-state index in [2.05, 4.69) is 28.2 Å². The molecule has 0 bridgehead atoms. The minimum absolute atomic E-state index is 0.0561. The lowest BCUT2D eigenvalue weighted by atomic mass is 9.88. The van der Waals surface area contributed by atoms with Crippen molar-refractivity contribution in [3.8, 4) is 0 Å². The van der Waals surface area contributed by atoms with Gasteiger partial charge in [0.25, 0.3) is 0 Å². The summed E-state index contributed by atoms with van der Waals surface area (Å²) < 4.78 is 0.961. The second kappa shape index (κ2) is 8.49. The van der Waals surface area contributed by atoms with Gasteiger partial charge in [0.05, 0.1) is 5.92 Å². The monoisotopic (exact) mass is 414 g/mol. The maximum atomic E-state index is 13.0. The molecule has 2 atom stereocenters. The van der Waals surface area contributed by atoms with E-state index in [9.17, 15) is 9.59 Å². The molecule has 1 aliphatic rings. The number of para-hydroxylation sites is 1. The van der Waals surface area contributed by atoms with Crippen molar-refractivity contribution in [1.82, 2.24) is 0 Å².